The number of hydrogen-bond donors (Lipinski definition) is 1. The average Bonchev–Trinajstić information content (AvgIpc) is 2.96. The van der Waals surface area contributed by atoms with Crippen LogP contribution in [0.5, 0.6) is 0 Å². The molecule has 10 atom stereocenters. The van der Waals surface area contributed by atoms with Crippen molar-refractivity contribution in [1.29, 1.82) is 0 Å². The molecule has 0 amide bonds. The number of fused-ring (bicyclic) bond motifs is 5. The Labute approximate surface area is 161 Å². The van der Waals surface area contributed by atoms with E-state index in [-0.39, 0.29) is 16.9 Å². The fourth-order valence-electron chi connectivity index (χ4n) is 8.15. The highest BCUT2D eigenvalue weighted by Crippen LogP contribution is 2.67. The number of aliphatic hydroxyl groups excluding tert-OH is 1. The van der Waals surface area contributed by atoms with Crippen molar-refractivity contribution >= 4 is 15.2 Å². The number of Topliss-reactive ketones (excluding diaryl/α,β-unsaturated/α-hetero) is 1. The average molecular weight is 381 g/mol. The SMILES string of the molecule is C[C@H](COP)[C@H]1CCC2C3CC[C@@H]4C[C@H](O)CC[C@]4(C)C3CC(=O)[C@@]21C. The van der Waals surface area contributed by atoms with Crippen LogP contribution in [0.4, 0.5) is 0 Å². The third-order valence-electron chi connectivity index (χ3n) is 9.62. The van der Waals surface area contributed by atoms with E-state index >= 15 is 0 Å². The van der Waals surface area contributed by atoms with Crippen molar-refractivity contribution < 1.29 is 14.4 Å². The number of aliphatic hydroxyl groups is 1. The fraction of sp³-hybridized carbons (Fsp3) is 0.955. The molecule has 4 aliphatic carbocycles. The second kappa shape index (κ2) is 6.82. The van der Waals surface area contributed by atoms with E-state index in [0.29, 0.717) is 41.3 Å². The van der Waals surface area contributed by atoms with Gasteiger partial charge in [0.2, 0.25) is 0 Å². The normalized spacial score (nSPS) is 52.1. The third-order valence-corrected chi connectivity index (χ3v) is 9.81. The largest absolute Gasteiger partial charge is 0.393 e. The van der Waals surface area contributed by atoms with Crippen LogP contribution in [0.2, 0.25) is 0 Å². The van der Waals surface area contributed by atoms with Crippen molar-refractivity contribution in [3.63, 3.8) is 0 Å². The van der Waals surface area contributed by atoms with Crippen molar-refractivity contribution in [2.24, 2.45) is 46.3 Å². The summed E-state index contributed by atoms with van der Waals surface area (Å²) < 4.78 is 5.36. The maximum atomic E-state index is 13.6. The first-order valence-corrected chi connectivity index (χ1v) is 11.3. The standard InChI is InChI=1S/C22H37O3P/c1-13(12-25-26)17-6-7-18-16-5-4-14-10-15(23)8-9-21(14,2)19(16)11-20(24)22(17,18)3/h13-19,23H,4-12,26H2,1-3H3/t13-,14-,15-,16?,17-,18?,19?,21+,22-/m1/s1. The molecular weight excluding hydrogens is 343 g/mol. The smallest absolute Gasteiger partial charge is 0.139 e. The van der Waals surface area contributed by atoms with E-state index in [1.165, 1.54) is 25.7 Å². The molecule has 4 rings (SSSR count). The number of carbonyl (C=O) groups excluding carboxylic acids is 1. The minimum absolute atomic E-state index is 0.113. The Morgan fingerprint density at radius 2 is 1.96 bits per heavy atom. The fourth-order valence-corrected chi connectivity index (χ4v) is 8.46. The predicted molar refractivity (Wildman–Crippen MR) is 106 cm³/mol. The van der Waals surface area contributed by atoms with Gasteiger partial charge < -0.3 is 9.63 Å². The van der Waals surface area contributed by atoms with Crippen molar-refractivity contribution in [1.82, 2.24) is 0 Å². The molecule has 0 bridgehead atoms. The number of rotatable bonds is 3. The third kappa shape index (κ3) is 2.67. The van der Waals surface area contributed by atoms with Crippen LogP contribution in [0.25, 0.3) is 0 Å². The summed E-state index contributed by atoms with van der Waals surface area (Å²) in [4.78, 5) is 13.6. The Morgan fingerprint density at radius 3 is 2.69 bits per heavy atom. The van der Waals surface area contributed by atoms with Crippen LogP contribution in [0, 0.1) is 46.3 Å². The monoisotopic (exact) mass is 380 g/mol. The van der Waals surface area contributed by atoms with Gasteiger partial charge in [-0.2, -0.15) is 0 Å². The number of hydrogen-bond acceptors (Lipinski definition) is 3. The van der Waals surface area contributed by atoms with Gasteiger partial charge in [0.05, 0.1) is 12.7 Å². The Hall–Kier alpha value is 0.0200. The van der Waals surface area contributed by atoms with Crippen molar-refractivity contribution in [3.05, 3.63) is 0 Å². The molecular formula is C22H37O3P. The molecule has 148 valence electrons. The lowest BCUT2D eigenvalue weighted by atomic mass is 9.44. The van der Waals surface area contributed by atoms with Crippen LogP contribution in [0.1, 0.15) is 72.1 Å². The van der Waals surface area contributed by atoms with Crippen LogP contribution < -0.4 is 0 Å². The Balaban J connectivity index is 1.62. The highest BCUT2D eigenvalue weighted by molar-refractivity contribution is 7.09. The first kappa shape index (κ1) is 19.3. The van der Waals surface area contributed by atoms with Crippen LogP contribution in [-0.4, -0.2) is 23.6 Å². The lowest BCUT2D eigenvalue weighted by molar-refractivity contribution is -0.160. The molecule has 4 heteroatoms. The maximum absolute atomic E-state index is 13.6. The first-order valence-electron chi connectivity index (χ1n) is 10.9. The van der Waals surface area contributed by atoms with E-state index in [9.17, 15) is 9.90 Å². The van der Waals surface area contributed by atoms with Crippen molar-refractivity contribution in [3.8, 4) is 0 Å². The summed E-state index contributed by atoms with van der Waals surface area (Å²) in [5.74, 6) is 3.89. The molecule has 26 heavy (non-hydrogen) atoms. The topological polar surface area (TPSA) is 46.5 Å². The lowest BCUT2D eigenvalue weighted by Crippen LogP contribution is -2.57. The molecule has 3 nitrogen and oxygen atoms in total. The number of carbonyl (C=O) groups is 1. The molecule has 0 aromatic heterocycles. The lowest BCUT2D eigenvalue weighted by Gasteiger charge is -2.60. The van der Waals surface area contributed by atoms with E-state index in [1.54, 1.807) is 0 Å². The summed E-state index contributed by atoms with van der Waals surface area (Å²) >= 11 is 0. The number of ketones is 1. The van der Waals surface area contributed by atoms with Gasteiger partial charge >= 0.3 is 0 Å². The Bertz CT molecular complexity index is 566. The Morgan fingerprint density at radius 1 is 1.19 bits per heavy atom. The molecule has 0 radical (unpaired) electrons. The van der Waals surface area contributed by atoms with E-state index in [4.69, 9.17) is 4.52 Å². The van der Waals surface area contributed by atoms with Crippen molar-refractivity contribution in [2.75, 3.05) is 6.61 Å². The summed E-state index contributed by atoms with van der Waals surface area (Å²) in [6.07, 6.45) is 8.60. The van der Waals surface area contributed by atoms with Crippen LogP contribution in [-0.2, 0) is 9.32 Å². The molecule has 1 N–H and O–H groups in total. The van der Waals surface area contributed by atoms with Gasteiger partial charge in [0.25, 0.3) is 0 Å². The molecule has 4 fully saturated rings. The van der Waals surface area contributed by atoms with E-state index in [0.717, 1.165) is 32.3 Å². The zero-order valence-electron chi connectivity index (χ0n) is 16.7. The molecule has 4 aliphatic rings. The quantitative estimate of drug-likeness (QED) is 0.726. The molecule has 0 aliphatic heterocycles. The van der Waals surface area contributed by atoms with Crippen LogP contribution >= 0.6 is 9.47 Å². The molecule has 0 aromatic rings. The summed E-state index contributed by atoms with van der Waals surface area (Å²) in [7, 11) is 2.38. The van der Waals surface area contributed by atoms with Gasteiger partial charge in [0, 0.05) is 21.3 Å². The van der Waals surface area contributed by atoms with Crippen LogP contribution in [0.15, 0.2) is 0 Å². The van der Waals surface area contributed by atoms with Gasteiger partial charge in [-0.15, -0.1) is 0 Å². The van der Waals surface area contributed by atoms with E-state index in [2.05, 4.69) is 30.2 Å². The summed E-state index contributed by atoms with van der Waals surface area (Å²) in [6.45, 7) is 7.75. The van der Waals surface area contributed by atoms with Gasteiger partial charge in [-0.05, 0) is 85.9 Å². The minimum atomic E-state index is -0.138. The first-order chi connectivity index (χ1) is 12.3. The highest BCUT2D eigenvalue weighted by Gasteiger charge is 2.63. The zero-order chi connectivity index (χ0) is 18.7. The summed E-state index contributed by atoms with van der Waals surface area (Å²) in [5, 5.41) is 10.2. The predicted octanol–water partition coefficient (Wildman–Crippen LogP) is 4.63. The molecule has 0 spiro atoms. The van der Waals surface area contributed by atoms with Crippen LogP contribution in [0.3, 0.4) is 0 Å². The van der Waals surface area contributed by atoms with E-state index in [1.807, 2.05) is 0 Å². The van der Waals surface area contributed by atoms with Gasteiger partial charge in [-0.25, -0.2) is 0 Å². The molecule has 0 aromatic carbocycles. The van der Waals surface area contributed by atoms with Gasteiger partial charge in [-0.1, -0.05) is 20.8 Å². The molecule has 4 saturated carbocycles. The summed E-state index contributed by atoms with van der Waals surface area (Å²) in [5.41, 5.74) is 0.132. The highest BCUT2D eigenvalue weighted by atomic mass is 31.0. The maximum Gasteiger partial charge on any atom is 0.139 e. The second-order valence-corrected chi connectivity index (χ2v) is 10.8. The summed E-state index contributed by atoms with van der Waals surface area (Å²) in [6, 6.07) is 0. The Kier molecular flexibility index (Phi) is 5.07. The van der Waals surface area contributed by atoms with E-state index < -0.39 is 0 Å². The second-order valence-electron chi connectivity index (χ2n) is 10.5. The molecule has 0 heterocycles. The minimum Gasteiger partial charge on any atom is -0.393 e. The van der Waals surface area contributed by atoms with Gasteiger partial charge in [-0.3, -0.25) is 4.79 Å². The zero-order valence-corrected chi connectivity index (χ0v) is 17.9. The molecule has 4 unspecified atom stereocenters. The van der Waals surface area contributed by atoms with Gasteiger partial charge in [0.1, 0.15) is 5.78 Å². The molecule has 0 saturated heterocycles. The van der Waals surface area contributed by atoms with Gasteiger partial charge in [0.15, 0.2) is 0 Å². The van der Waals surface area contributed by atoms with Crippen molar-refractivity contribution in [2.45, 2.75) is 78.2 Å².